The smallest absolute Gasteiger partial charge is 0.247 e. The van der Waals surface area contributed by atoms with Gasteiger partial charge in [0.25, 0.3) is 0 Å². The van der Waals surface area contributed by atoms with Crippen LogP contribution >= 0.6 is 56.1 Å². The van der Waals surface area contributed by atoms with E-state index in [2.05, 4.69) is 152 Å². The maximum Gasteiger partial charge on any atom is 0.247 e. The number of benzene rings is 5. The SMILES string of the molecule is CC(C)(Cc1c[nH]c2ccc(Cl)cc12)NCCOc1ccccc1OCC1CC1.CCCCC/C=C\CC(O)/C=C/c1cccc(CC(O)CCCCO)n1.CCCC[P+](CCCC)(CCCC)Cc1ccc(NC(=O)C(Cc2ccc3ccccc3c2)NC(=NC2CCCCC2)NC2CCCCC2)cc1.Cl.Cl.Cl. The molecule has 13 nitrogen and oxygen atoms in total. The fraction of sp³-hybridized carbons (Fsp3) is 0.549. The van der Waals surface area contributed by atoms with Gasteiger partial charge in [-0.15, -0.1) is 37.2 Å². The first kappa shape index (κ1) is 93.9. The van der Waals surface area contributed by atoms with E-state index in [-0.39, 0.29) is 55.3 Å². The van der Waals surface area contributed by atoms with Crippen LogP contribution in [0.25, 0.3) is 27.8 Å². The second-order valence-corrected chi connectivity index (χ2v) is 35.8. The maximum absolute atomic E-state index is 14.3. The van der Waals surface area contributed by atoms with Gasteiger partial charge < -0.3 is 51.0 Å². The highest BCUT2D eigenvalue weighted by molar-refractivity contribution is 7.75. The molecule has 1 amide bonds. The Hall–Kier alpha value is -5.70. The third-order valence-corrected chi connectivity index (χ3v) is 26.0. The van der Waals surface area contributed by atoms with Gasteiger partial charge in [0.15, 0.2) is 17.5 Å². The highest BCUT2D eigenvalue weighted by atomic mass is 35.5. The number of amides is 1. The monoisotopic (exact) mass is 1590 g/mol. The number of hydrogen-bond acceptors (Lipinski definition) is 9. The summed E-state index contributed by atoms with van der Waals surface area (Å²) in [4.78, 5) is 27.4. The Balaban J connectivity index is 0.000000313. The average molecular weight is 1600 g/mol. The quantitative estimate of drug-likeness (QED) is 0.00602. The normalized spacial score (nSPS) is 15.2. The number of carbonyl (C=O) groups excluding carboxylic acids is 1. The summed E-state index contributed by atoms with van der Waals surface area (Å²) in [5.41, 5.74) is 7.41. The van der Waals surface area contributed by atoms with Crippen molar-refractivity contribution >= 4 is 101 Å². The molecule has 3 aliphatic rings. The van der Waals surface area contributed by atoms with Gasteiger partial charge in [0.2, 0.25) is 5.91 Å². The largest absolute Gasteiger partial charge is 0.489 e. The number of carbonyl (C=O) groups is 1. The number of aliphatic hydroxyl groups excluding tert-OH is 3. The van der Waals surface area contributed by atoms with Crippen LogP contribution in [0.5, 0.6) is 11.5 Å². The third-order valence-electron chi connectivity index (χ3n) is 21.0. The van der Waals surface area contributed by atoms with Crippen molar-refractivity contribution in [2.75, 3.05) is 50.2 Å². The first-order valence-electron chi connectivity index (χ1n) is 41.1. The van der Waals surface area contributed by atoms with E-state index in [1.807, 2.05) is 72.8 Å². The maximum atomic E-state index is 14.3. The number of unbranched alkanes of at least 4 members (excludes halogenated alkanes) is 7. The fourth-order valence-corrected chi connectivity index (χ4v) is 19.8. The number of halogens is 4. The number of anilines is 1. The Morgan fingerprint density at radius 2 is 1.36 bits per heavy atom. The molecule has 7 aromatic rings. The summed E-state index contributed by atoms with van der Waals surface area (Å²) in [7, 11) is -1.05. The molecule has 5 aromatic carbocycles. The van der Waals surface area contributed by atoms with Crippen LogP contribution < -0.4 is 30.7 Å². The van der Waals surface area contributed by atoms with Gasteiger partial charge in [-0.1, -0.05) is 201 Å². The molecule has 18 heteroatoms. The summed E-state index contributed by atoms with van der Waals surface area (Å²) in [6, 6.07) is 43.8. The number of aliphatic imine (C=N–C) groups is 1. The molecule has 3 saturated carbocycles. The number of rotatable bonds is 42. The minimum atomic E-state index is -1.05. The van der Waals surface area contributed by atoms with Crippen molar-refractivity contribution in [1.82, 2.24) is 25.9 Å². The van der Waals surface area contributed by atoms with Crippen molar-refractivity contribution in [1.29, 1.82) is 0 Å². The molecule has 2 heterocycles. The molecule has 0 spiro atoms. The average Bonchev–Trinajstić information content (AvgIpc) is 1.37. The number of ether oxygens (including phenoxy) is 2. The number of H-pyrrole nitrogens is 1. The van der Waals surface area contributed by atoms with E-state index < -0.39 is 25.5 Å². The van der Waals surface area contributed by atoms with Gasteiger partial charge in [-0.05, 0) is 211 Å². The molecule has 2 aromatic heterocycles. The van der Waals surface area contributed by atoms with Gasteiger partial charge in [0, 0.05) is 78.3 Å². The molecule has 3 fully saturated rings. The number of hydrogen-bond donors (Lipinski definition) is 8. The van der Waals surface area contributed by atoms with Crippen molar-refractivity contribution in [3.8, 4) is 11.5 Å². The van der Waals surface area contributed by atoms with Gasteiger partial charge in [-0.3, -0.25) is 9.78 Å². The summed E-state index contributed by atoms with van der Waals surface area (Å²) in [5, 5.41) is 47.7. The first-order valence-corrected chi connectivity index (χ1v) is 44.0. The number of guanidine groups is 1. The lowest BCUT2D eigenvalue weighted by Crippen LogP contribution is -2.53. The van der Waals surface area contributed by atoms with Crippen molar-refractivity contribution in [3.05, 3.63) is 185 Å². The zero-order valence-corrected chi connectivity index (χ0v) is 70.7. The van der Waals surface area contributed by atoms with E-state index in [9.17, 15) is 15.0 Å². The van der Waals surface area contributed by atoms with Crippen LogP contribution in [-0.4, -0.2) is 118 Å². The number of fused-ring (bicyclic) bond motifs is 2. The summed E-state index contributed by atoms with van der Waals surface area (Å²) < 4.78 is 11.9. The molecule has 8 N–H and O–H groups in total. The van der Waals surface area contributed by atoms with Gasteiger partial charge >= 0.3 is 0 Å². The zero-order chi connectivity index (χ0) is 75.0. The van der Waals surface area contributed by atoms with Crippen LogP contribution in [0.2, 0.25) is 5.02 Å². The first-order chi connectivity index (χ1) is 51.6. The van der Waals surface area contributed by atoms with Crippen LogP contribution in [0, 0.1) is 5.92 Å². The molecule has 3 aliphatic carbocycles. The number of aromatic amines is 1. The number of aliphatic hydroxyl groups is 3. The predicted molar refractivity (Wildman–Crippen MR) is 473 cm³/mol. The number of nitrogens with zero attached hydrogens (tertiary/aromatic N) is 2. The van der Waals surface area contributed by atoms with E-state index >= 15 is 0 Å². The summed E-state index contributed by atoms with van der Waals surface area (Å²) in [6.45, 7) is 15.9. The zero-order valence-electron chi connectivity index (χ0n) is 66.6. The molecule has 0 radical (unpaired) electrons. The van der Waals surface area contributed by atoms with E-state index in [4.69, 9.17) is 31.2 Å². The number of allylic oxidation sites excluding steroid dienone is 1. The van der Waals surface area contributed by atoms with Gasteiger partial charge in [0.1, 0.15) is 12.6 Å². The summed E-state index contributed by atoms with van der Waals surface area (Å²) in [5.74, 6) is 3.20. The Labute approximate surface area is 679 Å². The van der Waals surface area contributed by atoms with Crippen LogP contribution in [0.3, 0.4) is 0 Å². The van der Waals surface area contributed by atoms with Gasteiger partial charge in [-0.25, -0.2) is 4.99 Å². The van der Waals surface area contributed by atoms with Crippen LogP contribution in [0.15, 0.2) is 157 Å². The Bertz CT molecular complexity index is 3700. The molecule has 0 bridgehead atoms. The molecular weight excluding hydrogens is 1460 g/mol. The molecule has 3 unspecified atom stereocenters. The molecule has 602 valence electrons. The van der Waals surface area contributed by atoms with Gasteiger partial charge in [0.05, 0.1) is 55.2 Å². The lowest BCUT2D eigenvalue weighted by Gasteiger charge is -2.29. The summed E-state index contributed by atoms with van der Waals surface area (Å²) >= 11 is 6.18. The van der Waals surface area contributed by atoms with Gasteiger partial charge in [-0.2, -0.15) is 0 Å². The molecule has 109 heavy (non-hydrogen) atoms. The van der Waals surface area contributed by atoms with E-state index in [1.54, 1.807) is 6.08 Å². The molecule has 0 saturated heterocycles. The van der Waals surface area contributed by atoms with Crippen molar-refractivity contribution in [2.45, 2.75) is 270 Å². The minimum Gasteiger partial charge on any atom is -0.489 e. The van der Waals surface area contributed by atoms with Crippen LogP contribution in [0.1, 0.15) is 237 Å². The predicted octanol–water partition coefficient (Wildman–Crippen LogP) is 22.4. The van der Waals surface area contributed by atoms with E-state index in [0.29, 0.717) is 44.4 Å². The molecule has 3 atom stereocenters. The second kappa shape index (κ2) is 52.6. The summed E-state index contributed by atoms with van der Waals surface area (Å²) in [6.07, 6.45) is 46.6. The van der Waals surface area contributed by atoms with E-state index in [1.165, 1.54) is 161 Å². The Kier molecular flexibility index (Phi) is 45.3. The van der Waals surface area contributed by atoms with Crippen LogP contribution in [0.4, 0.5) is 5.69 Å². The minimum absolute atomic E-state index is 0. The number of nitrogens with one attached hydrogen (secondary N) is 5. The highest BCUT2D eigenvalue weighted by Gasteiger charge is 2.36. The third kappa shape index (κ3) is 35.5. The van der Waals surface area contributed by atoms with Crippen molar-refractivity contribution in [2.24, 2.45) is 10.9 Å². The molecule has 0 aliphatic heterocycles. The second-order valence-electron chi connectivity index (χ2n) is 31.1. The topological polar surface area (TPSA) is 185 Å². The Morgan fingerprint density at radius 1 is 0.697 bits per heavy atom. The highest BCUT2D eigenvalue weighted by Crippen LogP contribution is 2.63. The van der Waals surface area contributed by atoms with Crippen molar-refractivity contribution < 1.29 is 29.6 Å². The number of para-hydroxylation sites is 2. The Morgan fingerprint density at radius 3 is 2.04 bits per heavy atom. The lowest BCUT2D eigenvalue weighted by atomic mass is 9.94. The lowest BCUT2D eigenvalue weighted by molar-refractivity contribution is -0.117. The van der Waals surface area contributed by atoms with Crippen LogP contribution in [-0.2, 0) is 30.2 Å². The van der Waals surface area contributed by atoms with Crippen molar-refractivity contribution in [3.63, 3.8) is 0 Å². The molecular formula is C91H135Cl4N7O6P+. The fourth-order valence-electron chi connectivity index (χ4n) is 14.5. The molecule has 10 rings (SSSR count). The number of aromatic nitrogens is 2. The standard InChI is InChI=1S/C45H67N4OP.C24H29ClN2O2.C22H35NO3.3ClH/c1-4-7-30-51(31-8-5-2,32-9-6-3)35-36-25-28-42(29-26-36)46-44(50)43(34-37-24-27-38-18-16-17-19-39(38)33-37)49-45(47-40-20-12-10-13-21-40)48-41-22-14-11-15-23-41;1-24(2,14-18-15-26-21-10-9-19(25)13-20(18)21)27-11-12-28-22-5-3-4-6-23(22)29-16-17-7-8-17;1-2-3-4-5-6-7-13-21(25)16-15-19-11-10-12-20(23-19)18-22(26)14-8-9-17-24;;;/h16-19,24-29,33,40-41,43H,4-15,20-23,30-32,34-35H2,1-3H3,(H2-,46,47,48,49,50);3-6,9-10,13,15,17,26-27H,7-8,11-12,14,16H2,1-2H3;6-7,10-12,15-16,21-22,24-26H,2-5,8-9,13-14,17-18H2,1H3;3*1H/p+1/b;;7-6-,16-15+;;;. The van der Waals surface area contributed by atoms with E-state index in [0.717, 1.165) is 121 Å². The number of pyridine rings is 1.